The number of aryl methyl sites for hydroxylation is 1. The van der Waals surface area contributed by atoms with Crippen molar-refractivity contribution in [3.63, 3.8) is 0 Å². The summed E-state index contributed by atoms with van der Waals surface area (Å²) in [5.41, 5.74) is 3.54. The first kappa shape index (κ1) is 26.9. The first-order valence-electron chi connectivity index (χ1n) is 11.3. The lowest BCUT2D eigenvalue weighted by molar-refractivity contribution is -0.148. The zero-order valence-electron chi connectivity index (χ0n) is 20.4. The maximum Gasteiger partial charge on any atom is 0.333 e. The number of rotatable bonds is 8. The lowest BCUT2D eigenvalue weighted by Crippen LogP contribution is -2.37. The zero-order valence-corrected chi connectivity index (χ0v) is 23.6. The molecule has 1 amide bonds. The predicted octanol–water partition coefficient (Wildman–Crippen LogP) is 6.46. The van der Waals surface area contributed by atoms with E-state index >= 15 is 0 Å². The summed E-state index contributed by atoms with van der Waals surface area (Å²) in [6.45, 7) is 2.42. The fraction of sp³-hybridized carbons (Fsp3) is 0.179. The summed E-state index contributed by atoms with van der Waals surface area (Å²) in [5, 5.41) is 0. The molecule has 1 atom stereocenters. The van der Waals surface area contributed by atoms with Crippen LogP contribution in [0.2, 0.25) is 0 Å². The molecular weight excluding hydrogens is 574 g/mol. The maximum absolute atomic E-state index is 13.4. The smallest absolute Gasteiger partial charge is 0.333 e. The minimum absolute atomic E-state index is 0.278. The van der Waals surface area contributed by atoms with Gasteiger partial charge in [0, 0.05) is 0 Å². The average molecular weight is 599 g/mol. The fourth-order valence-corrected chi connectivity index (χ4v) is 5.76. The Bertz CT molecular complexity index is 1380. The van der Waals surface area contributed by atoms with Crippen LogP contribution in [0.25, 0.3) is 6.08 Å². The summed E-state index contributed by atoms with van der Waals surface area (Å²) in [4.78, 5) is 27.8. The standard InChI is InChI=1S/C28H24BrNO5S2/c1-17-9-7-8-12-20(17)16-35-25-21(29)13-18(14-22(25)33-2)15-23-26(31)30(28(36)37-23)24(27(32)34-3)19-10-5-4-6-11-19/h4-15,24H,16H2,1-3H3/b23-15-. The summed E-state index contributed by atoms with van der Waals surface area (Å²) in [6.07, 6.45) is 1.72. The average Bonchev–Trinajstić information content (AvgIpc) is 3.17. The number of ether oxygens (including phenoxy) is 3. The van der Waals surface area contributed by atoms with Gasteiger partial charge in [-0.25, -0.2) is 4.79 Å². The van der Waals surface area contributed by atoms with Gasteiger partial charge in [0.2, 0.25) is 0 Å². The second-order valence-corrected chi connectivity index (χ2v) is 10.7. The van der Waals surface area contributed by atoms with Crippen molar-refractivity contribution in [2.45, 2.75) is 19.6 Å². The van der Waals surface area contributed by atoms with Crippen LogP contribution in [0.4, 0.5) is 0 Å². The lowest BCUT2D eigenvalue weighted by atomic mass is 10.1. The number of amides is 1. The van der Waals surface area contributed by atoms with E-state index in [1.165, 1.54) is 12.0 Å². The number of esters is 1. The number of methoxy groups -OCH3 is 2. The van der Waals surface area contributed by atoms with Gasteiger partial charge < -0.3 is 14.2 Å². The highest BCUT2D eigenvalue weighted by molar-refractivity contribution is 9.10. The number of benzene rings is 3. The number of carbonyl (C=O) groups is 2. The molecule has 0 spiro atoms. The third-order valence-electron chi connectivity index (χ3n) is 5.80. The van der Waals surface area contributed by atoms with E-state index in [0.29, 0.717) is 38.6 Å². The second-order valence-electron chi connectivity index (χ2n) is 8.14. The second kappa shape index (κ2) is 11.9. The Morgan fingerprint density at radius 3 is 2.49 bits per heavy atom. The van der Waals surface area contributed by atoms with Crippen LogP contribution in [0.15, 0.2) is 76.1 Å². The van der Waals surface area contributed by atoms with Gasteiger partial charge in [-0.3, -0.25) is 9.69 Å². The Kier molecular flexibility index (Phi) is 8.68. The third kappa shape index (κ3) is 5.89. The van der Waals surface area contributed by atoms with Crippen molar-refractivity contribution >= 4 is 62.2 Å². The van der Waals surface area contributed by atoms with Crippen LogP contribution >= 0.6 is 39.9 Å². The van der Waals surface area contributed by atoms with Crippen molar-refractivity contribution in [1.82, 2.24) is 4.90 Å². The van der Waals surface area contributed by atoms with Crippen molar-refractivity contribution < 1.29 is 23.8 Å². The normalized spacial score (nSPS) is 15.1. The maximum atomic E-state index is 13.4. The summed E-state index contributed by atoms with van der Waals surface area (Å²) in [7, 11) is 2.85. The molecule has 1 aliphatic rings. The molecule has 1 unspecified atom stereocenters. The Labute approximate surface area is 233 Å². The molecule has 0 aromatic heterocycles. The quantitative estimate of drug-likeness (QED) is 0.168. The van der Waals surface area contributed by atoms with Gasteiger partial charge in [-0.1, -0.05) is 78.6 Å². The largest absolute Gasteiger partial charge is 0.493 e. The molecule has 0 aliphatic carbocycles. The van der Waals surface area contributed by atoms with Gasteiger partial charge in [0.15, 0.2) is 17.5 Å². The number of thioether (sulfide) groups is 1. The summed E-state index contributed by atoms with van der Waals surface area (Å²) < 4.78 is 17.6. The van der Waals surface area contributed by atoms with Crippen LogP contribution < -0.4 is 9.47 Å². The van der Waals surface area contributed by atoms with Crippen molar-refractivity contribution in [1.29, 1.82) is 0 Å². The molecule has 0 saturated carbocycles. The molecule has 6 nitrogen and oxygen atoms in total. The van der Waals surface area contributed by atoms with Crippen molar-refractivity contribution in [2.24, 2.45) is 0 Å². The Hall–Kier alpha value is -3.14. The highest BCUT2D eigenvalue weighted by Crippen LogP contribution is 2.41. The van der Waals surface area contributed by atoms with Gasteiger partial charge in [-0.2, -0.15) is 0 Å². The third-order valence-corrected chi connectivity index (χ3v) is 7.72. The number of hydrogen-bond donors (Lipinski definition) is 0. The number of halogens is 1. The van der Waals surface area contributed by atoms with Crippen molar-refractivity contribution in [3.8, 4) is 11.5 Å². The number of nitrogens with zero attached hydrogens (tertiary/aromatic N) is 1. The van der Waals surface area contributed by atoms with E-state index in [2.05, 4.69) is 15.9 Å². The number of carbonyl (C=O) groups excluding carboxylic acids is 2. The molecule has 3 aromatic rings. The van der Waals surface area contributed by atoms with Crippen LogP contribution in [0, 0.1) is 6.92 Å². The molecule has 3 aromatic carbocycles. The molecule has 1 aliphatic heterocycles. The van der Waals surface area contributed by atoms with E-state index in [0.717, 1.165) is 22.9 Å². The van der Waals surface area contributed by atoms with E-state index in [4.69, 9.17) is 26.4 Å². The van der Waals surface area contributed by atoms with Gasteiger partial charge in [-0.15, -0.1) is 0 Å². The molecule has 0 radical (unpaired) electrons. The topological polar surface area (TPSA) is 65.1 Å². The number of hydrogen-bond acceptors (Lipinski definition) is 7. The molecule has 0 N–H and O–H groups in total. The van der Waals surface area contributed by atoms with Gasteiger partial charge in [0.1, 0.15) is 10.9 Å². The van der Waals surface area contributed by atoms with Crippen LogP contribution in [-0.4, -0.2) is 35.3 Å². The van der Waals surface area contributed by atoms with Crippen LogP contribution in [0.5, 0.6) is 11.5 Å². The minimum atomic E-state index is -0.969. The van der Waals surface area contributed by atoms with E-state index in [1.807, 2.05) is 43.3 Å². The Morgan fingerprint density at radius 2 is 1.81 bits per heavy atom. The summed E-state index contributed by atoms with van der Waals surface area (Å²) in [6, 6.07) is 19.6. The Morgan fingerprint density at radius 1 is 1.11 bits per heavy atom. The SMILES string of the molecule is COC(=O)C(c1ccccc1)N1C(=O)/C(=C/c2cc(Br)c(OCc3ccccc3C)c(OC)c2)SC1=S. The van der Waals surface area contributed by atoms with E-state index in [-0.39, 0.29) is 10.2 Å². The fourth-order valence-electron chi connectivity index (χ4n) is 3.88. The molecule has 1 heterocycles. The van der Waals surface area contributed by atoms with Gasteiger partial charge in [0.25, 0.3) is 5.91 Å². The van der Waals surface area contributed by atoms with E-state index < -0.39 is 12.0 Å². The lowest BCUT2D eigenvalue weighted by Gasteiger charge is -2.24. The zero-order chi connectivity index (χ0) is 26.5. The highest BCUT2D eigenvalue weighted by Gasteiger charge is 2.41. The van der Waals surface area contributed by atoms with Gasteiger partial charge >= 0.3 is 5.97 Å². The van der Waals surface area contributed by atoms with Crippen LogP contribution in [0.3, 0.4) is 0 Å². The molecule has 1 saturated heterocycles. The Balaban J connectivity index is 1.61. The highest BCUT2D eigenvalue weighted by atomic mass is 79.9. The van der Waals surface area contributed by atoms with Crippen LogP contribution in [-0.2, 0) is 20.9 Å². The first-order chi connectivity index (χ1) is 17.8. The minimum Gasteiger partial charge on any atom is -0.493 e. The molecule has 1 fully saturated rings. The predicted molar refractivity (Wildman–Crippen MR) is 152 cm³/mol. The first-order valence-corrected chi connectivity index (χ1v) is 13.3. The van der Waals surface area contributed by atoms with Gasteiger partial charge in [0.05, 0.1) is 23.6 Å². The van der Waals surface area contributed by atoms with Gasteiger partial charge in [-0.05, 0) is 63.3 Å². The van der Waals surface area contributed by atoms with Crippen molar-refractivity contribution in [3.05, 3.63) is 98.4 Å². The molecule has 37 heavy (non-hydrogen) atoms. The molecule has 4 rings (SSSR count). The molecule has 190 valence electrons. The van der Waals surface area contributed by atoms with Crippen molar-refractivity contribution in [2.75, 3.05) is 14.2 Å². The molecule has 9 heteroatoms. The summed E-state index contributed by atoms with van der Waals surface area (Å²) >= 11 is 10.2. The molecule has 0 bridgehead atoms. The molecular formula is C28H24BrNO5S2. The van der Waals surface area contributed by atoms with Crippen LogP contribution in [0.1, 0.15) is 28.3 Å². The van der Waals surface area contributed by atoms with E-state index in [9.17, 15) is 9.59 Å². The monoisotopic (exact) mass is 597 g/mol. The number of thiocarbonyl (C=S) groups is 1. The van der Waals surface area contributed by atoms with E-state index in [1.54, 1.807) is 43.5 Å². The summed E-state index contributed by atoms with van der Waals surface area (Å²) in [5.74, 6) is 0.138.